The van der Waals surface area contributed by atoms with Gasteiger partial charge in [-0.15, -0.1) is 0 Å². The summed E-state index contributed by atoms with van der Waals surface area (Å²) in [7, 11) is 1.55. The fourth-order valence-electron chi connectivity index (χ4n) is 2.55. The molecule has 0 saturated heterocycles. The molecule has 1 aromatic carbocycles. The van der Waals surface area contributed by atoms with Gasteiger partial charge in [-0.25, -0.2) is 0 Å². The van der Waals surface area contributed by atoms with Crippen molar-refractivity contribution >= 4 is 16.9 Å². The number of benzene rings is 1. The van der Waals surface area contributed by atoms with Crippen molar-refractivity contribution in [3.63, 3.8) is 0 Å². The van der Waals surface area contributed by atoms with E-state index >= 15 is 0 Å². The van der Waals surface area contributed by atoms with Crippen LogP contribution in [0.5, 0.6) is 5.75 Å². The van der Waals surface area contributed by atoms with Crippen molar-refractivity contribution in [2.45, 2.75) is 32.7 Å². The molecule has 2 aromatic rings. The highest BCUT2D eigenvalue weighted by atomic mass is 16.5. The predicted octanol–water partition coefficient (Wildman–Crippen LogP) is 2.61. The van der Waals surface area contributed by atoms with E-state index in [1.165, 1.54) is 6.07 Å². The molecule has 1 unspecified atom stereocenters. The molecular weight excluding hydrogens is 270 g/mol. The molecule has 0 aliphatic carbocycles. The normalized spacial score (nSPS) is 12.3. The first kappa shape index (κ1) is 15.1. The van der Waals surface area contributed by atoms with Gasteiger partial charge in [0.25, 0.3) is 0 Å². The molecule has 0 spiro atoms. The van der Waals surface area contributed by atoms with Gasteiger partial charge in [0.05, 0.1) is 19.0 Å². The number of aliphatic carboxylic acids is 1. The molecule has 1 aromatic heterocycles. The second-order valence-corrected chi connectivity index (χ2v) is 5.05. The minimum absolute atomic E-state index is 0.0683. The van der Waals surface area contributed by atoms with Crippen LogP contribution >= 0.6 is 0 Å². The van der Waals surface area contributed by atoms with Gasteiger partial charge in [-0.1, -0.05) is 13.0 Å². The lowest BCUT2D eigenvalue weighted by atomic mass is 10.1. The van der Waals surface area contributed by atoms with E-state index in [-0.39, 0.29) is 17.9 Å². The van der Waals surface area contributed by atoms with E-state index in [9.17, 15) is 9.59 Å². The first-order valence-electron chi connectivity index (χ1n) is 6.92. The van der Waals surface area contributed by atoms with Crippen molar-refractivity contribution in [3.8, 4) is 5.75 Å². The smallest absolute Gasteiger partial charge is 0.309 e. The maximum atomic E-state index is 12.3. The highest BCUT2D eigenvalue weighted by Crippen LogP contribution is 2.28. The van der Waals surface area contributed by atoms with Crippen molar-refractivity contribution in [2.75, 3.05) is 7.11 Å². The first-order valence-corrected chi connectivity index (χ1v) is 6.92. The van der Waals surface area contributed by atoms with Crippen molar-refractivity contribution in [1.82, 2.24) is 4.57 Å². The molecular formula is C16H19NO4. The molecule has 21 heavy (non-hydrogen) atoms. The highest BCUT2D eigenvalue weighted by Gasteiger charge is 2.18. The van der Waals surface area contributed by atoms with Crippen LogP contribution in [0.15, 0.2) is 29.1 Å². The van der Waals surface area contributed by atoms with E-state index in [1.54, 1.807) is 25.3 Å². The van der Waals surface area contributed by atoms with Crippen LogP contribution in [0.25, 0.3) is 10.9 Å². The lowest BCUT2D eigenvalue weighted by Crippen LogP contribution is -2.20. The molecule has 1 N–H and O–H groups in total. The van der Waals surface area contributed by atoms with Crippen LogP contribution in [0.2, 0.25) is 0 Å². The molecule has 2 rings (SSSR count). The number of para-hydroxylation sites is 1. The van der Waals surface area contributed by atoms with Crippen LogP contribution in [0.3, 0.4) is 0 Å². The second kappa shape index (κ2) is 5.99. The van der Waals surface area contributed by atoms with E-state index in [4.69, 9.17) is 9.84 Å². The van der Waals surface area contributed by atoms with Gasteiger partial charge >= 0.3 is 5.97 Å². The summed E-state index contributed by atoms with van der Waals surface area (Å²) in [5.41, 5.74) is 0.983. The number of ether oxygens (including phenoxy) is 1. The Morgan fingerprint density at radius 2 is 2.14 bits per heavy atom. The zero-order valence-electron chi connectivity index (χ0n) is 12.4. The zero-order valence-corrected chi connectivity index (χ0v) is 12.4. The number of aromatic nitrogens is 1. The molecule has 112 valence electrons. The summed E-state index contributed by atoms with van der Waals surface area (Å²) in [4.78, 5) is 23.3. The Kier molecular flexibility index (Phi) is 4.31. The van der Waals surface area contributed by atoms with Gasteiger partial charge in [0.15, 0.2) is 5.43 Å². The summed E-state index contributed by atoms with van der Waals surface area (Å²) in [5.74, 6) is -0.377. The lowest BCUT2D eigenvalue weighted by Gasteiger charge is -2.23. The molecule has 5 heteroatoms. The van der Waals surface area contributed by atoms with Crippen LogP contribution in [0.1, 0.15) is 32.0 Å². The third-order valence-electron chi connectivity index (χ3n) is 3.70. The topological polar surface area (TPSA) is 68.5 Å². The minimum Gasteiger partial charge on any atom is -0.495 e. The average Bonchev–Trinajstić information content (AvgIpc) is 2.45. The van der Waals surface area contributed by atoms with Gasteiger partial charge in [0.1, 0.15) is 5.75 Å². The lowest BCUT2D eigenvalue weighted by molar-refractivity contribution is -0.136. The Hall–Kier alpha value is -2.30. The molecule has 0 amide bonds. The number of methoxy groups -OCH3 is 1. The number of carbonyl (C=O) groups is 1. The van der Waals surface area contributed by atoms with Gasteiger partial charge in [-0.3, -0.25) is 9.59 Å². The number of pyridine rings is 1. The van der Waals surface area contributed by atoms with Crippen LogP contribution < -0.4 is 10.2 Å². The molecule has 1 heterocycles. The molecule has 0 radical (unpaired) electrons. The van der Waals surface area contributed by atoms with Gasteiger partial charge in [-0.05, 0) is 25.5 Å². The zero-order chi connectivity index (χ0) is 15.6. The Morgan fingerprint density at radius 3 is 2.71 bits per heavy atom. The molecule has 0 fully saturated rings. The first-order chi connectivity index (χ1) is 9.99. The minimum atomic E-state index is -0.958. The Morgan fingerprint density at radius 1 is 1.43 bits per heavy atom. The summed E-state index contributed by atoms with van der Waals surface area (Å²) in [6.45, 7) is 4.02. The van der Waals surface area contributed by atoms with Crippen molar-refractivity contribution in [3.05, 3.63) is 40.2 Å². The Balaban J connectivity index is 2.91. The SMILES string of the molecule is CCC(C)n1c(CC(=O)O)cc(=O)c2cccc(OC)c21. The summed E-state index contributed by atoms with van der Waals surface area (Å²) in [6.07, 6.45) is 0.635. The number of carboxylic acids is 1. The number of carboxylic acid groups (broad SMARTS) is 1. The van der Waals surface area contributed by atoms with E-state index in [1.807, 2.05) is 18.4 Å². The fraction of sp³-hybridized carbons (Fsp3) is 0.375. The molecule has 0 aliphatic rings. The highest BCUT2D eigenvalue weighted by molar-refractivity contribution is 5.86. The molecule has 0 saturated carbocycles. The maximum Gasteiger partial charge on any atom is 0.309 e. The van der Waals surface area contributed by atoms with E-state index in [2.05, 4.69) is 0 Å². The van der Waals surface area contributed by atoms with Crippen molar-refractivity contribution < 1.29 is 14.6 Å². The van der Waals surface area contributed by atoms with Crippen molar-refractivity contribution in [1.29, 1.82) is 0 Å². The van der Waals surface area contributed by atoms with Crippen LogP contribution in [0, 0.1) is 0 Å². The van der Waals surface area contributed by atoms with Gasteiger partial charge < -0.3 is 14.4 Å². The summed E-state index contributed by atoms with van der Waals surface area (Å²) in [6, 6.07) is 6.77. The number of hydrogen-bond donors (Lipinski definition) is 1. The molecule has 0 bridgehead atoms. The van der Waals surface area contributed by atoms with E-state index in [0.29, 0.717) is 22.3 Å². The standard InChI is InChI=1S/C16H19NO4/c1-4-10(2)17-11(9-15(19)20)8-13(18)12-6-5-7-14(21-3)16(12)17/h5-8,10H,4,9H2,1-3H3,(H,19,20). The van der Waals surface area contributed by atoms with Gasteiger partial charge in [0.2, 0.25) is 0 Å². The van der Waals surface area contributed by atoms with E-state index < -0.39 is 5.97 Å². The van der Waals surface area contributed by atoms with Crippen LogP contribution in [-0.4, -0.2) is 22.8 Å². The monoisotopic (exact) mass is 289 g/mol. The number of nitrogens with zero attached hydrogens (tertiary/aromatic N) is 1. The van der Waals surface area contributed by atoms with Crippen molar-refractivity contribution in [2.24, 2.45) is 0 Å². The van der Waals surface area contributed by atoms with Crippen LogP contribution in [-0.2, 0) is 11.2 Å². The Bertz CT molecular complexity index is 733. The number of rotatable bonds is 5. The molecule has 1 atom stereocenters. The second-order valence-electron chi connectivity index (χ2n) is 5.05. The van der Waals surface area contributed by atoms with Crippen LogP contribution in [0.4, 0.5) is 0 Å². The average molecular weight is 289 g/mol. The fourth-order valence-corrected chi connectivity index (χ4v) is 2.55. The summed E-state index contributed by atoms with van der Waals surface area (Å²) in [5, 5.41) is 9.63. The molecule has 5 nitrogen and oxygen atoms in total. The van der Waals surface area contributed by atoms with Gasteiger partial charge in [0, 0.05) is 23.2 Å². The number of fused-ring (bicyclic) bond motifs is 1. The number of hydrogen-bond acceptors (Lipinski definition) is 3. The maximum absolute atomic E-state index is 12.3. The van der Waals surface area contributed by atoms with Gasteiger partial charge in [-0.2, -0.15) is 0 Å². The summed E-state index contributed by atoms with van der Waals surface area (Å²) >= 11 is 0. The Labute approximate surface area is 122 Å². The quantitative estimate of drug-likeness (QED) is 0.918. The largest absolute Gasteiger partial charge is 0.495 e. The third kappa shape index (κ3) is 2.77. The summed E-state index contributed by atoms with van der Waals surface area (Å²) < 4.78 is 7.28. The predicted molar refractivity (Wildman–Crippen MR) is 81.1 cm³/mol. The molecule has 0 aliphatic heterocycles. The van der Waals surface area contributed by atoms with E-state index in [0.717, 1.165) is 6.42 Å². The third-order valence-corrected chi connectivity index (χ3v) is 3.70.